The number of carbonyl (C=O) groups excluding carboxylic acids is 1. The van der Waals surface area contributed by atoms with E-state index >= 15 is 0 Å². The molecule has 0 radical (unpaired) electrons. The Morgan fingerprint density at radius 3 is 2.61 bits per heavy atom. The number of carbonyl (C=O) groups is 2. The lowest BCUT2D eigenvalue weighted by Gasteiger charge is -2.20. The molecule has 0 aliphatic carbocycles. The molecule has 1 heterocycles. The molecule has 2 atom stereocenters. The van der Waals surface area contributed by atoms with Gasteiger partial charge in [0.05, 0.1) is 12.5 Å². The van der Waals surface area contributed by atoms with E-state index in [-0.39, 0.29) is 19.3 Å². The van der Waals surface area contributed by atoms with Gasteiger partial charge in [0.25, 0.3) is 0 Å². The van der Waals surface area contributed by atoms with Crippen molar-refractivity contribution in [1.82, 2.24) is 10.6 Å². The van der Waals surface area contributed by atoms with Crippen LogP contribution in [0, 0.1) is 0 Å². The lowest BCUT2D eigenvalue weighted by molar-refractivity contribution is -0.137. The number of aliphatic carboxylic acids is 1. The minimum Gasteiger partial charge on any atom is -0.481 e. The van der Waals surface area contributed by atoms with E-state index in [4.69, 9.17) is 9.47 Å². The summed E-state index contributed by atoms with van der Waals surface area (Å²) in [6.45, 7) is 2.04. The van der Waals surface area contributed by atoms with Crippen molar-refractivity contribution in [2.45, 2.75) is 30.3 Å². The van der Waals surface area contributed by atoms with Crippen LogP contribution in [0.5, 0.6) is 11.5 Å². The molecule has 0 bridgehead atoms. The van der Waals surface area contributed by atoms with Crippen molar-refractivity contribution in [3.63, 3.8) is 0 Å². The van der Waals surface area contributed by atoms with E-state index in [2.05, 4.69) is 10.6 Å². The van der Waals surface area contributed by atoms with Gasteiger partial charge in [-0.15, -0.1) is 11.8 Å². The van der Waals surface area contributed by atoms with Gasteiger partial charge in [-0.1, -0.05) is 24.3 Å². The molecule has 7 nitrogen and oxygen atoms in total. The second kappa shape index (κ2) is 9.36. The van der Waals surface area contributed by atoms with Crippen molar-refractivity contribution in [1.29, 1.82) is 0 Å². The Morgan fingerprint density at radius 1 is 1.11 bits per heavy atom. The van der Waals surface area contributed by atoms with Crippen molar-refractivity contribution in [3.8, 4) is 11.5 Å². The van der Waals surface area contributed by atoms with Crippen molar-refractivity contribution >= 4 is 23.8 Å². The fraction of sp³-hybridized carbons (Fsp3) is 0.300. The summed E-state index contributed by atoms with van der Waals surface area (Å²) in [6, 6.07) is 13.9. The number of rotatable bonds is 8. The average molecular weight is 402 g/mol. The Hall–Kier alpha value is -2.87. The molecule has 2 aromatic carbocycles. The minimum atomic E-state index is -1.00. The van der Waals surface area contributed by atoms with Crippen LogP contribution in [0.2, 0.25) is 0 Å². The van der Waals surface area contributed by atoms with Gasteiger partial charge in [0, 0.05) is 16.7 Å². The highest BCUT2D eigenvalue weighted by molar-refractivity contribution is 7.99. The van der Waals surface area contributed by atoms with Crippen LogP contribution in [-0.4, -0.2) is 35.7 Å². The molecule has 1 aliphatic heterocycles. The summed E-state index contributed by atoms with van der Waals surface area (Å²) < 4.78 is 10.6. The number of hydrogen-bond acceptors (Lipinski definition) is 5. The van der Waals surface area contributed by atoms with Crippen LogP contribution in [0.4, 0.5) is 4.79 Å². The molecule has 0 spiro atoms. The van der Waals surface area contributed by atoms with E-state index in [9.17, 15) is 14.7 Å². The summed E-state index contributed by atoms with van der Waals surface area (Å²) in [7, 11) is 0. The van der Waals surface area contributed by atoms with Crippen LogP contribution in [0.3, 0.4) is 0 Å². The maximum Gasteiger partial charge on any atom is 0.315 e. The highest BCUT2D eigenvalue weighted by Gasteiger charge is 2.22. The normalized spacial score (nSPS) is 14.2. The van der Waals surface area contributed by atoms with Crippen LogP contribution in [-0.2, 0) is 4.79 Å². The molecule has 2 aromatic rings. The van der Waals surface area contributed by atoms with E-state index in [0.717, 1.165) is 4.90 Å². The fourth-order valence-corrected chi connectivity index (χ4v) is 3.64. The van der Waals surface area contributed by atoms with Gasteiger partial charge in [0.15, 0.2) is 11.5 Å². The van der Waals surface area contributed by atoms with Crippen molar-refractivity contribution in [3.05, 3.63) is 54.1 Å². The van der Waals surface area contributed by atoms with Gasteiger partial charge in [0.2, 0.25) is 6.79 Å². The number of hydrogen-bond donors (Lipinski definition) is 3. The smallest absolute Gasteiger partial charge is 0.315 e. The SMILES string of the molecule is CC(CSc1ccccc1)NC(=O)NC(CC(=O)O)c1ccc2c(c1)OCO2. The summed E-state index contributed by atoms with van der Waals surface area (Å²) in [5.41, 5.74) is 0.646. The van der Waals surface area contributed by atoms with Crippen LogP contribution in [0.25, 0.3) is 0 Å². The standard InChI is InChI=1S/C20H22N2O5S/c1-13(11-28-15-5-3-2-4-6-15)21-20(25)22-16(10-19(23)24)14-7-8-17-18(9-14)27-12-26-17/h2-9,13,16H,10-12H2,1H3,(H,23,24)(H2,21,22,25). The lowest BCUT2D eigenvalue weighted by atomic mass is 10.0. The maximum absolute atomic E-state index is 12.4. The Kier molecular flexibility index (Phi) is 6.65. The number of urea groups is 1. The van der Waals surface area contributed by atoms with Gasteiger partial charge in [-0.3, -0.25) is 4.79 Å². The first-order chi connectivity index (χ1) is 13.5. The molecular weight excluding hydrogens is 380 g/mol. The molecule has 8 heteroatoms. The second-order valence-electron chi connectivity index (χ2n) is 6.41. The van der Waals surface area contributed by atoms with Gasteiger partial charge in [-0.25, -0.2) is 4.79 Å². The fourth-order valence-electron chi connectivity index (χ4n) is 2.76. The average Bonchev–Trinajstić information content (AvgIpc) is 3.14. The van der Waals surface area contributed by atoms with Gasteiger partial charge < -0.3 is 25.2 Å². The third kappa shape index (κ3) is 5.56. The largest absolute Gasteiger partial charge is 0.481 e. The maximum atomic E-state index is 12.4. The zero-order valence-corrected chi connectivity index (χ0v) is 16.2. The Morgan fingerprint density at radius 2 is 1.86 bits per heavy atom. The zero-order chi connectivity index (χ0) is 19.9. The number of thioether (sulfide) groups is 1. The molecule has 2 amide bonds. The van der Waals surface area contributed by atoms with Crippen LogP contribution in [0.15, 0.2) is 53.4 Å². The molecule has 0 aromatic heterocycles. The zero-order valence-electron chi connectivity index (χ0n) is 15.4. The molecule has 3 rings (SSSR count). The van der Waals surface area contributed by atoms with E-state index in [1.807, 2.05) is 37.3 Å². The summed E-state index contributed by atoms with van der Waals surface area (Å²) in [5.74, 6) is 0.845. The first-order valence-corrected chi connectivity index (χ1v) is 9.86. The molecule has 0 saturated heterocycles. The molecular formula is C20H22N2O5S. The second-order valence-corrected chi connectivity index (χ2v) is 7.50. The van der Waals surface area contributed by atoms with E-state index in [1.165, 1.54) is 0 Å². The van der Waals surface area contributed by atoms with Crippen molar-refractivity contribution in [2.75, 3.05) is 12.5 Å². The number of carboxylic acid groups (broad SMARTS) is 1. The molecule has 1 aliphatic rings. The number of fused-ring (bicyclic) bond motifs is 1. The molecule has 0 saturated carbocycles. The van der Waals surface area contributed by atoms with Crippen LogP contribution < -0.4 is 20.1 Å². The molecule has 28 heavy (non-hydrogen) atoms. The van der Waals surface area contributed by atoms with E-state index in [1.54, 1.807) is 30.0 Å². The monoisotopic (exact) mass is 402 g/mol. The summed E-state index contributed by atoms with van der Waals surface area (Å²) >= 11 is 1.64. The third-order valence-corrected chi connectivity index (χ3v) is 5.38. The number of carboxylic acids is 1. The van der Waals surface area contributed by atoms with Gasteiger partial charge in [-0.05, 0) is 36.8 Å². The predicted molar refractivity (Wildman–Crippen MR) is 106 cm³/mol. The first-order valence-electron chi connectivity index (χ1n) is 8.87. The van der Waals surface area contributed by atoms with E-state index in [0.29, 0.717) is 22.8 Å². The number of ether oxygens (including phenoxy) is 2. The Labute approximate surface area is 167 Å². The first kappa shape index (κ1) is 19.9. The Bertz CT molecular complexity index is 831. The summed E-state index contributed by atoms with van der Waals surface area (Å²) in [5, 5.41) is 14.8. The number of nitrogens with one attached hydrogen (secondary N) is 2. The molecule has 3 N–H and O–H groups in total. The quantitative estimate of drug-likeness (QED) is 0.586. The van der Waals surface area contributed by atoms with Crippen LogP contribution in [0.1, 0.15) is 24.9 Å². The topological polar surface area (TPSA) is 96.9 Å². The molecule has 148 valence electrons. The van der Waals surface area contributed by atoms with Crippen LogP contribution >= 0.6 is 11.8 Å². The van der Waals surface area contributed by atoms with Crippen molar-refractivity contribution < 1.29 is 24.2 Å². The lowest BCUT2D eigenvalue weighted by Crippen LogP contribution is -2.43. The molecule has 0 fully saturated rings. The van der Waals surface area contributed by atoms with Gasteiger partial charge >= 0.3 is 12.0 Å². The number of benzene rings is 2. The predicted octanol–water partition coefficient (Wildman–Crippen LogP) is 3.41. The summed E-state index contributed by atoms with van der Waals surface area (Å²) in [6.07, 6.45) is -0.236. The van der Waals surface area contributed by atoms with E-state index < -0.39 is 18.0 Å². The minimum absolute atomic E-state index is 0.0903. The highest BCUT2D eigenvalue weighted by Crippen LogP contribution is 2.34. The van der Waals surface area contributed by atoms with Crippen molar-refractivity contribution in [2.24, 2.45) is 0 Å². The van der Waals surface area contributed by atoms with Gasteiger partial charge in [-0.2, -0.15) is 0 Å². The van der Waals surface area contributed by atoms with Gasteiger partial charge in [0.1, 0.15) is 0 Å². The Balaban J connectivity index is 1.57. The summed E-state index contributed by atoms with van der Waals surface area (Å²) in [4.78, 5) is 24.8. The molecule has 2 unspecified atom stereocenters. The highest BCUT2D eigenvalue weighted by atomic mass is 32.2. The number of amides is 2. The third-order valence-electron chi connectivity index (χ3n) is 4.10.